The first-order valence-corrected chi connectivity index (χ1v) is 8.26. The molecule has 22 heavy (non-hydrogen) atoms. The van der Waals surface area contributed by atoms with Crippen LogP contribution in [0.5, 0.6) is 5.75 Å². The van der Waals surface area contributed by atoms with E-state index in [0.717, 1.165) is 49.2 Å². The Morgan fingerprint density at radius 2 is 2.05 bits per heavy atom. The minimum atomic E-state index is 0. The molecule has 3 rings (SSSR count). The Hall–Kier alpha value is -0.780. The minimum absolute atomic E-state index is 0. The summed E-state index contributed by atoms with van der Waals surface area (Å²) in [5, 5.41) is 3.46. The fourth-order valence-electron chi connectivity index (χ4n) is 3.37. The lowest BCUT2D eigenvalue weighted by Gasteiger charge is -2.39. The molecule has 0 aliphatic carbocycles. The summed E-state index contributed by atoms with van der Waals surface area (Å²) in [5.41, 5.74) is 1.12. The van der Waals surface area contributed by atoms with E-state index in [9.17, 15) is 4.79 Å². The van der Waals surface area contributed by atoms with Crippen LogP contribution in [0.25, 0.3) is 0 Å². The zero-order chi connectivity index (χ0) is 14.9. The molecule has 1 amide bonds. The maximum absolute atomic E-state index is 12.7. The first-order chi connectivity index (χ1) is 10.1. The summed E-state index contributed by atoms with van der Waals surface area (Å²) in [7, 11) is 1.62. The van der Waals surface area contributed by atoms with Crippen LogP contribution in [0.2, 0.25) is 0 Å². The molecule has 1 N–H and O–H groups in total. The lowest BCUT2D eigenvalue weighted by Crippen LogP contribution is -2.44. The molecule has 1 aromatic rings. The molecule has 2 saturated heterocycles. The van der Waals surface area contributed by atoms with Gasteiger partial charge in [0.15, 0.2) is 0 Å². The second-order valence-corrected chi connectivity index (χ2v) is 6.92. The number of hydrogen-bond acceptors (Lipinski definition) is 3. The van der Waals surface area contributed by atoms with Crippen molar-refractivity contribution < 1.29 is 9.53 Å². The predicted octanol–water partition coefficient (Wildman–Crippen LogP) is 3.10. The van der Waals surface area contributed by atoms with E-state index in [2.05, 4.69) is 21.2 Å². The summed E-state index contributed by atoms with van der Waals surface area (Å²) in [6.45, 7) is 3.93. The second-order valence-electron chi connectivity index (χ2n) is 6.06. The maximum Gasteiger partial charge on any atom is 0.255 e. The van der Waals surface area contributed by atoms with Crippen LogP contribution in [0.1, 0.15) is 29.6 Å². The molecular formula is C16H22BrClN2O2. The van der Waals surface area contributed by atoms with E-state index in [4.69, 9.17) is 4.74 Å². The van der Waals surface area contributed by atoms with Gasteiger partial charge in [-0.1, -0.05) is 0 Å². The highest BCUT2D eigenvalue weighted by Crippen LogP contribution is 2.37. The molecule has 0 bridgehead atoms. The molecule has 0 aromatic heterocycles. The number of carbonyl (C=O) groups is 1. The van der Waals surface area contributed by atoms with Crippen molar-refractivity contribution >= 4 is 34.2 Å². The van der Waals surface area contributed by atoms with Crippen molar-refractivity contribution in [1.82, 2.24) is 10.2 Å². The fraction of sp³-hybridized carbons (Fsp3) is 0.562. The van der Waals surface area contributed by atoms with Gasteiger partial charge in [0, 0.05) is 24.1 Å². The molecule has 0 radical (unpaired) electrons. The second kappa shape index (κ2) is 7.20. The minimum Gasteiger partial charge on any atom is -0.497 e. The van der Waals surface area contributed by atoms with Crippen molar-refractivity contribution in [2.75, 3.05) is 33.3 Å². The van der Waals surface area contributed by atoms with E-state index in [1.165, 1.54) is 6.42 Å². The van der Waals surface area contributed by atoms with Crippen LogP contribution in [-0.2, 0) is 0 Å². The summed E-state index contributed by atoms with van der Waals surface area (Å²) >= 11 is 3.47. The van der Waals surface area contributed by atoms with Crippen molar-refractivity contribution in [2.24, 2.45) is 5.41 Å². The number of ether oxygens (including phenoxy) is 1. The SMILES string of the molecule is COc1ccc(Br)c(C(=O)N2CCC3(CCNC3)CC2)c1.Cl. The van der Waals surface area contributed by atoms with Gasteiger partial charge in [-0.05, 0) is 65.4 Å². The van der Waals surface area contributed by atoms with Crippen LogP contribution in [-0.4, -0.2) is 44.1 Å². The summed E-state index contributed by atoms with van der Waals surface area (Å²) in [5.74, 6) is 0.816. The van der Waals surface area contributed by atoms with Crippen molar-refractivity contribution in [2.45, 2.75) is 19.3 Å². The van der Waals surface area contributed by atoms with Crippen LogP contribution in [0, 0.1) is 5.41 Å². The van der Waals surface area contributed by atoms with Gasteiger partial charge < -0.3 is 15.0 Å². The quantitative estimate of drug-likeness (QED) is 0.845. The number of nitrogens with one attached hydrogen (secondary N) is 1. The Morgan fingerprint density at radius 1 is 1.32 bits per heavy atom. The predicted molar refractivity (Wildman–Crippen MR) is 93.0 cm³/mol. The van der Waals surface area contributed by atoms with Gasteiger partial charge in [0.2, 0.25) is 0 Å². The third-order valence-electron chi connectivity index (χ3n) is 4.85. The zero-order valence-corrected chi connectivity index (χ0v) is 15.1. The first-order valence-electron chi connectivity index (χ1n) is 7.47. The number of piperidine rings is 1. The first kappa shape index (κ1) is 17.6. The van der Waals surface area contributed by atoms with E-state index in [1.807, 2.05) is 23.1 Å². The number of amides is 1. The maximum atomic E-state index is 12.7. The fourth-order valence-corrected chi connectivity index (χ4v) is 3.79. The molecule has 6 heteroatoms. The summed E-state index contributed by atoms with van der Waals surface area (Å²) < 4.78 is 6.05. The van der Waals surface area contributed by atoms with Gasteiger partial charge >= 0.3 is 0 Å². The molecule has 1 aromatic carbocycles. The normalized spacial score (nSPS) is 19.8. The van der Waals surface area contributed by atoms with Gasteiger partial charge in [-0.2, -0.15) is 0 Å². The van der Waals surface area contributed by atoms with Gasteiger partial charge in [0.05, 0.1) is 12.7 Å². The third kappa shape index (κ3) is 3.42. The van der Waals surface area contributed by atoms with Crippen LogP contribution < -0.4 is 10.1 Å². The Balaban J connectivity index is 0.00000176. The highest BCUT2D eigenvalue weighted by atomic mass is 79.9. The monoisotopic (exact) mass is 388 g/mol. The Labute approximate surface area is 146 Å². The van der Waals surface area contributed by atoms with E-state index in [1.54, 1.807) is 7.11 Å². The van der Waals surface area contributed by atoms with Crippen molar-refractivity contribution in [3.05, 3.63) is 28.2 Å². The molecule has 0 atom stereocenters. The highest BCUT2D eigenvalue weighted by Gasteiger charge is 2.38. The molecule has 2 aliphatic rings. The van der Waals surface area contributed by atoms with E-state index in [-0.39, 0.29) is 18.3 Å². The number of hydrogen-bond donors (Lipinski definition) is 1. The summed E-state index contributed by atoms with van der Waals surface area (Å²) in [6.07, 6.45) is 3.46. The topological polar surface area (TPSA) is 41.6 Å². The largest absolute Gasteiger partial charge is 0.497 e. The van der Waals surface area contributed by atoms with Crippen molar-refractivity contribution in [3.8, 4) is 5.75 Å². The van der Waals surface area contributed by atoms with Gasteiger partial charge in [-0.3, -0.25) is 4.79 Å². The lowest BCUT2D eigenvalue weighted by molar-refractivity contribution is 0.0606. The van der Waals surface area contributed by atoms with Crippen LogP contribution in [0.3, 0.4) is 0 Å². The van der Waals surface area contributed by atoms with E-state index in [0.29, 0.717) is 11.0 Å². The number of carbonyl (C=O) groups excluding carboxylic acids is 1. The molecule has 2 fully saturated rings. The molecule has 2 aliphatic heterocycles. The smallest absolute Gasteiger partial charge is 0.255 e. The number of methoxy groups -OCH3 is 1. The average Bonchev–Trinajstić information content (AvgIpc) is 2.96. The number of rotatable bonds is 2. The van der Waals surface area contributed by atoms with Gasteiger partial charge in [0.1, 0.15) is 5.75 Å². The summed E-state index contributed by atoms with van der Waals surface area (Å²) in [4.78, 5) is 14.7. The van der Waals surface area contributed by atoms with Crippen LogP contribution in [0.4, 0.5) is 0 Å². The molecule has 2 heterocycles. The number of benzene rings is 1. The molecule has 1 spiro atoms. The van der Waals surface area contributed by atoms with Crippen molar-refractivity contribution in [1.29, 1.82) is 0 Å². The molecule has 4 nitrogen and oxygen atoms in total. The lowest BCUT2D eigenvalue weighted by atomic mass is 9.78. The van der Waals surface area contributed by atoms with Crippen molar-refractivity contribution in [3.63, 3.8) is 0 Å². The van der Waals surface area contributed by atoms with Gasteiger partial charge in [-0.25, -0.2) is 0 Å². The molecular weight excluding hydrogens is 368 g/mol. The van der Waals surface area contributed by atoms with Crippen LogP contribution in [0.15, 0.2) is 22.7 Å². The zero-order valence-electron chi connectivity index (χ0n) is 12.7. The Morgan fingerprint density at radius 3 is 2.64 bits per heavy atom. The standard InChI is InChI=1S/C16H21BrN2O2.ClH/c1-21-12-2-3-14(17)13(10-12)15(20)19-8-5-16(6-9-19)4-7-18-11-16;/h2-3,10,18H,4-9,11H2,1H3;1H. The Bertz CT molecular complexity index is 537. The highest BCUT2D eigenvalue weighted by molar-refractivity contribution is 9.10. The number of halogens is 2. The Kier molecular flexibility index (Phi) is 5.75. The van der Waals surface area contributed by atoms with Gasteiger partial charge in [-0.15, -0.1) is 12.4 Å². The third-order valence-corrected chi connectivity index (χ3v) is 5.54. The number of likely N-dealkylation sites (tertiary alicyclic amines) is 1. The van der Waals surface area contributed by atoms with E-state index < -0.39 is 0 Å². The van der Waals surface area contributed by atoms with Crippen LogP contribution >= 0.6 is 28.3 Å². The van der Waals surface area contributed by atoms with E-state index >= 15 is 0 Å². The average molecular weight is 390 g/mol. The number of nitrogens with zero attached hydrogens (tertiary/aromatic N) is 1. The molecule has 0 saturated carbocycles. The van der Waals surface area contributed by atoms with Gasteiger partial charge in [0.25, 0.3) is 5.91 Å². The summed E-state index contributed by atoms with van der Waals surface area (Å²) in [6, 6.07) is 5.54. The molecule has 122 valence electrons. The molecule has 0 unspecified atom stereocenters.